The predicted molar refractivity (Wildman–Crippen MR) is 72.5 cm³/mol. The molecule has 1 aromatic rings. The Hall–Kier alpha value is -1.62. The Morgan fingerprint density at radius 2 is 2.05 bits per heavy atom. The summed E-state index contributed by atoms with van der Waals surface area (Å²) in [5.41, 5.74) is 5.54. The summed E-state index contributed by atoms with van der Waals surface area (Å²) in [6, 6.07) is 3.29. The van der Waals surface area contributed by atoms with Crippen molar-refractivity contribution in [1.82, 2.24) is 5.32 Å². The number of phenolic OH excluding ortho intramolecular Hbond substituents is 1. The molecule has 0 fully saturated rings. The molecule has 1 rings (SSSR count). The van der Waals surface area contributed by atoms with Crippen LogP contribution in [0.15, 0.2) is 18.2 Å². The standard InChI is InChI=1S/C14H21FN2O2/c1-3-14(4-2,8-16)9-17-13(19)11-7-10(15)5-6-12(11)18/h5-7,18H,3-4,8-9,16H2,1-2H3,(H,17,19). The first-order chi connectivity index (χ1) is 8.98. The zero-order chi connectivity index (χ0) is 14.5. The Morgan fingerprint density at radius 3 is 2.58 bits per heavy atom. The van der Waals surface area contributed by atoms with Gasteiger partial charge in [0.25, 0.3) is 5.91 Å². The number of carbonyl (C=O) groups is 1. The first kappa shape index (κ1) is 15.4. The monoisotopic (exact) mass is 268 g/mol. The number of hydrogen-bond acceptors (Lipinski definition) is 3. The number of aromatic hydroxyl groups is 1. The van der Waals surface area contributed by atoms with Gasteiger partial charge in [0.15, 0.2) is 0 Å². The summed E-state index contributed by atoms with van der Waals surface area (Å²) in [5, 5.41) is 12.3. The minimum atomic E-state index is -0.556. The normalized spacial score (nSPS) is 11.4. The molecule has 0 aromatic heterocycles. The fourth-order valence-corrected chi connectivity index (χ4v) is 1.91. The van der Waals surface area contributed by atoms with E-state index >= 15 is 0 Å². The predicted octanol–water partition coefficient (Wildman–Crippen LogP) is 2.03. The first-order valence-corrected chi connectivity index (χ1v) is 6.44. The zero-order valence-corrected chi connectivity index (χ0v) is 11.4. The second kappa shape index (κ2) is 6.52. The molecule has 0 unspecified atom stereocenters. The maximum atomic E-state index is 13.1. The van der Waals surface area contributed by atoms with E-state index in [0.717, 1.165) is 25.0 Å². The average Bonchev–Trinajstić information content (AvgIpc) is 2.43. The summed E-state index contributed by atoms with van der Waals surface area (Å²) in [4.78, 5) is 11.9. The van der Waals surface area contributed by atoms with Gasteiger partial charge < -0.3 is 16.2 Å². The van der Waals surface area contributed by atoms with Crippen molar-refractivity contribution in [3.05, 3.63) is 29.6 Å². The Labute approximate surface area is 112 Å². The van der Waals surface area contributed by atoms with E-state index < -0.39 is 11.7 Å². The average molecular weight is 268 g/mol. The molecular weight excluding hydrogens is 247 g/mol. The van der Waals surface area contributed by atoms with Crippen molar-refractivity contribution in [1.29, 1.82) is 0 Å². The quantitative estimate of drug-likeness (QED) is 0.739. The molecule has 0 atom stereocenters. The van der Waals surface area contributed by atoms with Crippen LogP contribution in [0.5, 0.6) is 5.75 Å². The van der Waals surface area contributed by atoms with E-state index in [2.05, 4.69) is 5.32 Å². The van der Waals surface area contributed by atoms with Crippen molar-refractivity contribution < 1.29 is 14.3 Å². The Kier molecular flexibility index (Phi) is 5.30. The second-order valence-electron chi connectivity index (χ2n) is 4.76. The molecule has 0 aliphatic carbocycles. The van der Waals surface area contributed by atoms with Gasteiger partial charge in [-0.1, -0.05) is 13.8 Å². The molecular formula is C14H21FN2O2. The molecule has 0 heterocycles. The lowest BCUT2D eigenvalue weighted by atomic mass is 9.82. The summed E-state index contributed by atoms with van der Waals surface area (Å²) >= 11 is 0. The first-order valence-electron chi connectivity index (χ1n) is 6.44. The highest BCUT2D eigenvalue weighted by Gasteiger charge is 2.25. The van der Waals surface area contributed by atoms with E-state index in [-0.39, 0.29) is 16.7 Å². The lowest BCUT2D eigenvalue weighted by Gasteiger charge is -2.30. The number of nitrogens with one attached hydrogen (secondary N) is 1. The van der Waals surface area contributed by atoms with E-state index in [1.54, 1.807) is 0 Å². The number of halogens is 1. The Balaban J connectivity index is 2.77. The van der Waals surface area contributed by atoms with E-state index in [1.165, 1.54) is 6.07 Å². The minimum Gasteiger partial charge on any atom is -0.507 e. The van der Waals surface area contributed by atoms with Crippen LogP contribution in [-0.4, -0.2) is 24.1 Å². The van der Waals surface area contributed by atoms with Crippen molar-refractivity contribution in [2.45, 2.75) is 26.7 Å². The molecule has 0 saturated carbocycles. The Morgan fingerprint density at radius 1 is 1.42 bits per heavy atom. The van der Waals surface area contributed by atoms with Crippen LogP contribution >= 0.6 is 0 Å². The van der Waals surface area contributed by atoms with Crippen LogP contribution in [-0.2, 0) is 0 Å². The molecule has 19 heavy (non-hydrogen) atoms. The number of nitrogens with two attached hydrogens (primary N) is 1. The summed E-state index contributed by atoms with van der Waals surface area (Å²) in [6.07, 6.45) is 1.69. The van der Waals surface area contributed by atoms with Crippen LogP contribution in [0.1, 0.15) is 37.0 Å². The fourth-order valence-electron chi connectivity index (χ4n) is 1.91. The highest BCUT2D eigenvalue weighted by Crippen LogP contribution is 2.24. The zero-order valence-electron chi connectivity index (χ0n) is 11.4. The van der Waals surface area contributed by atoms with Gasteiger partial charge in [0, 0.05) is 6.54 Å². The largest absolute Gasteiger partial charge is 0.507 e. The second-order valence-corrected chi connectivity index (χ2v) is 4.76. The molecule has 5 heteroatoms. The highest BCUT2D eigenvalue weighted by atomic mass is 19.1. The number of hydrogen-bond donors (Lipinski definition) is 3. The summed E-state index contributed by atoms with van der Waals surface area (Å²) < 4.78 is 13.1. The lowest BCUT2D eigenvalue weighted by Crippen LogP contribution is -2.41. The Bertz CT molecular complexity index is 437. The van der Waals surface area contributed by atoms with Crippen molar-refractivity contribution in [3.63, 3.8) is 0 Å². The molecule has 1 amide bonds. The SMILES string of the molecule is CCC(CC)(CN)CNC(=O)c1cc(F)ccc1O. The van der Waals surface area contributed by atoms with Crippen LogP contribution in [0.3, 0.4) is 0 Å². The number of amides is 1. The molecule has 0 aliphatic rings. The van der Waals surface area contributed by atoms with Crippen LogP contribution in [0.2, 0.25) is 0 Å². The molecule has 4 nitrogen and oxygen atoms in total. The maximum absolute atomic E-state index is 13.1. The van der Waals surface area contributed by atoms with Crippen molar-refractivity contribution in [2.24, 2.45) is 11.1 Å². The van der Waals surface area contributed by atoms with Crippen LogP contribution in [0.4, 0.5) is 4.39 Å². The summed E-state index contributed by atoms with van der Waals surface area (Å²) in [6.45, 7) is 4.91. The van der Waals surface area contributed by atoms with Gasteiger partial charge in [-0.3, -0.25) is 4.79 Å². The van der Waals surface area contributed by atoms with Gasteiger partial charge >= 0.3 is 0 Å². The number of benzene rings is 1. The van der Waals surface area contributed by atoms with Gasteiger partial charge in [-0.25, -0.2) is 4.39 Å². The van der Waals surface area contributed by atoms with E-state index in [9.17, 15) is 14.3 Å². The third kappa shape index (κ3) is 3.67. The highest BCUT2D eigenvalue weighted by molar-refractivity contribution is 5.96. The number of phenols is 1. The van der Waals surface area contributed by atoms with Gasteiger partial charge in [0.05, 0.1) is 5.56 Å². The maximum Gasteiger partial charge on any atom is 0.255 e. The van der Waals surface area contributed by atoms with Crippen molar-refractivity contribution in [2.75, 3.05) is 13.1 Å². The van der Waals surface area contributed by atoms with Gasteiger partial charge in [-0.05, 0) is 43.0 Å². The molecule has 0 radical (unpaired) electrons. The van der Waals surface area contributed by atoms with Gasteiger partial charge in [-0.2, -0.15) is 0 Å². The third-order valence-electron chi connectivity index (χ3n) is 3.76. The number of carbonyl (C=O) groups excluding carboxylic acids is 1. The van der Waals surface area contributed by atoms with Gasteiger partial charge in [0.1, 0.15) is 11.6 Å². The molecule has 4 N–H and O–H groups in total. The van der Waals surface area contributed by atoms with Crippen molar-refractivity contribution in [3.8, 4) is 5.75 Å². The minimum absolute atomic E-state index is 0.0573. The van der Waals surface area contributed by atoms with Gasteiger partial charge in [0.2, 0.25) is 0 Å². The summed E-state index contributed by atoms with van der Waals surface area (Å²) in [7, 11) is 0. The lowest BCUT2D eigenvalue weighted by molar-refractivity contribution is 0.0925. The van der Waals surface area contributed by atoms with Crippen LogP contribution in [0, 0.1) is 11.2 Å². The topological polar surface area (TPSA) is 75.3 Å². The molecule has 0 bridgehead atoms. The smallest absolute Gasteiger partial charge is 0.255 e. The van der Waals surface area contributed by atoms with Crippen LogP contribution < -0.4 is 11.1 Å². The summed E-state index contributed by atoms with van der Waals surface area (Å²) in [5.74, 6) is -1.28. The molecule has 0 saturated heterocycles. The number of rotatable bonds is 6. The third-order valence-corrected chi connectivity index (χ3v) is 3.76. The molecule has 0 spiro atoms. The van der Waals surface area contributed by atoms with E-state index in [1.807, 2.05) is 13.8 Å². The molecule has 0 aliphatic heterocycles. The van der Waals surface area contributed by atoms with Gasteiger partial charge in [-0.15, -0.1) is 0 Å². The van der Waals surface area contributed by atoms with E-state index in [0.29, 0.717) is 13.1 Å². The molecule has 1 aromatic carbocycles. The molecule has 106 valence electrons. The van der Waals surface area contributed by atoms with Crippen molar-refractivity contribution >= 4 is 5.91 Å². The van der Waals surface area contributed by atoms with Crippen LogP contribution in [0.25, 0.3) is 0 Å². The fraction of sp³-hybridized carbons (Fsp3) is 0.500. The van der Waals surface area contributed by atoms with E-state index in [4.69, 9.17) is 5.73 Å².